The van der Waals surface area contributed by atoms with Crippen LogP contribution in [0.4, 0.5) is 0 Å². The molecule has 1 rings (SSSR count). The summed E-state index contributed by atoms with van der Waals surface area (Å²) in [5.41, 5.74) is 0. The van der Waals surface area contributed by atoms with Crippen molar-refractivity contribution in [1.82, 2.24) is 10.2 Å². The molecule has 4 nitrogen and oxygen atoms in total. The summed E-state index contributed by atoms with van der Waals surface area (Å²) < 4.78 is 0. The summed E-state index contributed by atoms with van der Waals surface area (Å²) in [5.74, 6) is 0.575. The molecule has 2 atom stereocenters. The van der Waals surface area contributed by atoms with Crippen LogP contribution in [0.5, 0.6) is 0 Å². The average Bonchev–Trinajstić information content (AvgIpc) is 2.49. The van der Waals surface area contributed by atoms with Gasteiger partial charge in [-0.1, -0.05) is 13.8 Å². The molecule has 1 aliphatic heterocycles. The van der Waals surface area contributed by atoms with Crippen LogP contribution in [0, 0.1) is 5.92 Å². The number of hydrogen-bond donors (Lipinski definition) is 2. The van der Waals surface area contributed by atoms with Gasteiger partial charge in [0.05, 0.1) is 12.1 Å². The van der Waals surface area contributed by atoms with E-state index >= 15 is 0 Å². The first-order valence-corrected chi connectivity index (χ1v) is 5.17. The number of aliphatic hydroxyl groups excluding tert-OH is 1. The number of hydrogen-bond acceptors (Lipinski definition) is 3. The first-order valence-electron chi connectivity index (χ1n) is 5.17. The maximum absolute atomic E-state index is 11.8. The zero-order valence-electron chi connectivity index (χ0n) is 9.56. The first-order chi connectivity index (χ1) is 6.50. The second-order valence-corrected chi connectivity index (χ2v) is 4.46. The molecule has 0 spiro atoms. The molecule has 1 fully saturated rings. The molecule has 2 N–H and O–H groups in total. The fourth-order valence-electron chi connectivity index (χ4n) is 1.81. The molecular formula is C10H21ClN2O2. The highest BCUT2D eigenvalue weighted by Crippen LogP contribution is 2.09. The Bertz CT molecular complexity index is 212. The zero-order chi connectivity index (χ0) is 10.7. The number of nitrogens with zero attached hydrogens (tertiary/aromatic N) is 1. The van der Waals surface area contributed by atoms with Crippen LogP contribution in [-0.2, 0) is 4.79 Å². The lowest BCUT2D eigenvalue weighted by Gasteiger charge is -2.22. The van der Waals surface area contributed by atoms with Crippen molar-refractivity contribution in [2.75, 3.05) is 20.1 Å². The zero-order valence-corrected chi connectivity index (χ0v) is 10.4. The number of aliphatic hydroxyl groups is 1. The van der Waals surface area contributed by atoms with Crippen LogP contribution in [0.2, 0.25) is 0 Å². The Morgan fingerprint density at radius 2 is 2.20 bits per heavy atom. The SMILES string of the molecule is CC(C)CN(C)C(=O)[C@H]1C[C@@H](O)CN1.Cl. The minimum atomic E-state index is -0.364. The van der Waals surface area contributed by atoms with E-state index in [1.807, 2.05) is 7.05 Å². The Morgan fingerprint density at radius 3 is 2.60 bits per heavy atom. The molecular weight excluding hydrogens is 216 g/mol. The van der Waals surface area contributed by atoms with Crippen LogP contribution in [0.1, 0.15) is 20.3 Å². The number of carbonyl (C=O) groups is 1. The van der Waals surface area contributed by atoms with Crippen molar-refractivity contribution in [1.29, 1.82) is 0 Å². The number of amides is 1. The summed E-state index contributed by atoms with van der Waals surface area (Å²) in [6.07, 6.45) is 0.178. The second-order valence-electron chi connectivity index (χ2n) is 4.46. The smallest absolute Gasteiger partial charge is 0.239 e. The van der Waals surface area contributed by atoms with Crippen molar-refractivity contribution in [3.05, 3.63) is 0 Å². The van der Waals surface area contributed by atoms with Gasteiger partial charge in [0, 0.05) is 20.1 Å². The summed E-state index contributed by atoms with van der Waals surface area (Å²) in [4.78, 5) is 13.5. The van der Waals surface area contributed by atoms with E-state index in [0.717, 1.165) is 6.54 Å². The molecule has 0 aromatic heterocycles. The fraction of sp³-hybridized carbons (Fsp3) is 0.900. The van der Waals surface area contributed by atoms with Crippen LogP contribution in [-0.4, -0.2) is 48.2 Å². The number of β-amino-alcohol motifs (C(OH)–C–C–N with tert-alkyl or cyclic N) is 1. The normalized spacial score (nSPS) is 25.1. The molecule has 1 aliphatic rings. The van der Waals surface area contributed by atoms with Gasteiger partial charge in [0.1, 0.15) is 0 Å². The molecule has 15 heavy (non-hydrogen) atoms. The summed E-state index contributed by atoms with van der Waals surface area (Å²) in [6.45, 7) is 5.47. The minimum Gasteiger partial charge on any atom is -0.392 e. The fourth-order valence-corrected chi connectivity index (χ4v) is 1.81. The van der Waals surface area contributed by atoms with Gasteiger partial charge < -0.3 is 15.3 Å². The van der Waals surface area contributed by atoms with E-state index in [4.69, 9.17) is 0 Å². The molecule has 0 aromatic carbocycles. The number of carbonyl (C=O) groups excluding carboxylic acids is 1. The molecule has 90 valence electrons. The Hall–Kier alpha value is -0.320. The van der Waals surface area contributed by atoms with Crippen LogP contribution in [0.25, 0.3) is 0 Å². The van der Waals surface area contributed by atoms with E-state index < -0.39 is 0 Å². The van der Waals surface area contributed by atoms with E-state index in [1.54, 1.807) is 4.90 Å². The standard InChI is InChI=1S/C10H20N2O2.ClH/c1-7(2)6-12(3)10(14)9-4-8(13)5-11-9;/h7-9,11,13H,4-6H2,1-3H3;1H/t8-,9-;/m1./s1. The summed E-state index contributed by atoms with van der Waals surface area (Å²) in [6, 6.07) is -0.186. The Balaban J connectivity index is 0.00000196. The van der Waals surface area contributed by atoms with Gasteiger partial charge in [-0.05, 0) is 12.3 Å². The highest BCUT2D eigenvalue weighted by molar-refractivity contribution is 5.85. The third-order valence-corrected chi connectivity index (χ3v) is 2.42. The number of likely N-dealkylation sites (N-methyl/N-ethyl adjacent to an activating group) is 1. The van der Waals surface area contributed by atoms with Crippen molar-refractivity contribution in [3.63, 3.8) is 0 Å². The Labute approximate surface area is 97.4 Å². The highest BCUT2D eigenvalue weighted by Gasteiger charge is 2.29. The third-order valence-electron chi connectivity index (χ3n) is 2.42. The number of rotatable bonds is 3. The molecule has 0 aromatic rings. The quantitative estimate of drug-likeness (QED) is 0.739. The van der Waals surface area contributed by atoms with E-state index in [0.29, 0.717) is 18.9 Å². The van der Waals surface area contributed by atoms with Crippen LogP contribution in [0.3, 0.4) is 0 Å². The van der Waals surface area contributed by atoms with Gasteiger partial charge in [0.2, 0.25) is 5.91 Å². The predicted molar refractivity (Wildman–Crippen MR) is 62.1 cm³/mol. The number of halogens is 1. The van der Waals surface area contributed by atoms with Gasteiger partial charge in [-0.3, -0.25) is 4.79 Å². The van der Waals surface area contributed by atoms with Gasteiger partial charge in [-0.25, -0.2) is 0 Å². The molecule has 0 saturated carbocycles. The Morgan fingerprint density at radius 1 is 1.60 bits per heavy atom. The van der Waals surface area contributed by atoms with E-state index in [-0.39, 0.29) is 30.5 Å². The second kappa shape index (κ2) is 6.30. The maximum atomic E-state index is 11.8. The number of nitrogens with one attached hydrogen (secondary N) is 1. The van der Waals surface area contributed by atoms with Crippen LogP contribution >= 0.6 is 12.4 Å². The molecule has 5 heteroatoms. The minimum absolute atomic E-state index is 0. The topological polar surface area (TPSA) is 52.6 Å². The first kappa shape index (κ1) is 14.7. The van der Waals surface area contributed by atoms with E-state index in [2.05, 4.69) is 19.2 Å². The van der Waals surface area contributed by atoms with Crippen molar-refractivity contribution < 1.29 is 9.90 Å². The summed E-state index contributed by atoms with van der Waals surface area (Å²) in [5, 5.41) is 12.3. The van der Waals surface area contributed by atoms with Gasteiger partial charge in [-0.2, -0.15) is 0 Å². The third kappa shape index (κ3) is 4.36. The van der Waals surface area contributed by atoms with Gasteiger partial charge in [0.15, 0.2) is 0 Å². The van der Waals surface area contributed by atoms with Crippen LogP contribution < -0.4 is 5.32 Å². The molecule has 0 unspecified atom stereocenters. The lowest BCUT2D eigenvalue weighted by Crippen LogP contribution is -2.42. The molecule has 1 heterocycles. The van der Waals surface area contributed by atoms with E-state index in [9.17, 15) is 9.90 Å². The molecule has 0 radical (unpaired) electrons. The predicted octanol–water partition coefficient (Wildman–Crippen LogP) is 0.245. The van der Waals surface area contributed by atoms with Crippen molar-refractivity contribution in [2.45, 2.75) is 32.4 Å². The molecule has 1 saturated heterocycles. The van der Waals surface area contributed by atoms with Crippen molar-refractivity contribution in [2.24, 2.45) is 5.92 Å². The van der Waals surface area contributed by atoms with Gasteiger partial charge >= 0.3 is 0 Å². The van der Waals surface area contributed by atoms with Crippen LogP contribution in [0.15, 0.2) is 0 Å². The van der Waals surface area contributed by atoms with Crippen molar-refractivity contribution >= 4 is 18.3 Å². The lowest BCUT2D eigenvalue weighted by atomic mass is 10.1. The van der Waals surface area contributed by atoms with Gasteiger partial charge in [-0.15, -0.1) is 12.4 Å². The van der Waals surface area contributed by atoms with Gasteiger partial charge in [0.25, 0.3) is 0 Å². The molecule has 0 aliphatic carbocycles. The summed E-state index contributed by atoms with van der Waals surface area (Å²) >= 11 is 0. The molecule has 1 amide bonds. The maximum Gasteiger partial charge on any atom is 0.239 e. The van der Waals surface area contributed by atoms with Crippen molar-refractivity contribution in [3.8, 4) is 0 Å². The molecule has 0 bridgehead atoms. The highest BCUT2D eigenvalue weighted by atomic mass is 35.5. The largest absolute Gasteiger partial charge is 0.392 e. The monoisotopic (exact) mass is 236 g/mol. The average molecular weight is 237 g/mol. The Kier molecular flexibility index (Phi) is 6.17. The lowest BCUT2D eigenvalue weighted by molar-refractivity contribution is -0.132. The summed E-state index contributed by atoms with van der Waals surface area (Å²) in [7, 11) is 1.81. The van der Waals surface area contributed by atoms with E-state index in [1.165, 1.54) is 0 Å².